The van der Waals surface area contributed by atoms with Crippen molar-refractivity contribution in [3.63, 3.8) is 0 Å². The molecule has 0 amide bonds. The maximum Gasteiger partial charge on any atom is 0.140 e. The van der Waals surface area contributed by atoms with Gasteiger partial charge < -0.3 is 24.8 Å². The van der Waals surface area contributed by atoms with Crippen molar-refractivity contribution in [3.8, 4) is 5.75 Å². The number of aliphatic hydroxyl groups excluding tert-OH is 3. The van der Waals surface area contributed by atoms with Gasteiger partial charge in [-0.1, -0.05) is 36.5 Å². The number of halogens is 2. The second kappa shape index (κ2) is 11.5. The molecule has 0 radical (unpaired) electrons. The molecule has 2 aromatic rings. The minimum absolute atomic E-state index is 0.0880. The first-order chi connectivity index (χ1) is 13.8. The van der Waals surface area contributed by atoms with Crippen LogP contribution in [-0.2, 0) is 6.61 Å². The van der Waals surface area contributed by atoms with E-state index in [0.717, 1.165) is 24.8 Å². The van der Waals surface area contributed by atoms with Crippen molar-refractivity contribution in [2.45, 2.75) is 57.8 Å². The number of aliphatic hydroxyl groups is 3. The highest BCUT2D eigenvalue weighted by Gasteiger charge is 2.17. The Morgan fingerprint density at radius 1 is 1.21 bits per heavy atom. The summed E-state index contributed by atoms with van der Waals surface area (Å²) in [5.74, 6) is 0.585. The Hall–Kier alpha value is -1.72. The van der Waals surface area contributed by atoms with Crippen LogP contribution in [0.5, 0.6) is 5.75 Å². The first-order valence-corrected chi connectivity index (χ1v) is 10.3. The molecule has 0 fully saturated rings. The van der Waals surface area contributed by atoms with Crippen molar-refractivity contribution in [2.75, 3.05) is 0 Å². The first kappa shape index (κ1) is 23.6. The van der Waals surface area contributed by atoms with E-state index in [0.29, 0.717) is 16.5 Å². The number of aromatic hydroxyl groups is 1. The highest BCUT2D eigenvalue weighted by atomic mass is 35.5. The molecule has 1 heterocycles. The van der Waals surface area contributed by atoms with Crippen LogP contribution in [0.4, 0.5) is 0 Å². The number of hydrogen-bond acceptors (Lipinski definition) is 5. The third-order valence-electron chi connectivity index (χ3n) is 4.50. The molecule has 0 unspecified atom stereocenters. The lowest BCUT2D eigenvalue weighted by Gasteiger charge is -2.15. The standard InChI is InChI=1S/C22H26Cl2O5/c1-2-3-5-14(6-4-7-19(26)21-9-8-16(13-25)29-21)10-20(27)17-11-15(23)12-18(24)22(17)28/h4,8-9,11-12,19-20,25-28H,2-3,5,7,10,13H2,1H3/t6?,19-,20-/m0/s1. The van der Waals surface area contributed by atoms with Crippen LogP contribution >= 0.6 is 23.2 Å². The van der Waals surface area contributed by atoms with Crippen molar-refractivity contribution in [1.29, 1.82) is 0 Å². The summed E-state index contributed by atoms with van der Waals surface area (Å²) in [5, 5.41) is 40.4. The van der Waals surface area contributed by atoms with Gasteiger partial charge in [0.15, 0.2) is 0 Å². The van der Waals surface area contributed by atoms with E-state index < -0.39 is 12.2 Å². The van der Waals surface area contributed by atoms with Crippen molar-refractivity contribution in [2.24, 2.45) is 0 Å². The molecule has 0 aliphatic heterocycles. The minimum Gasteiger partial charge on any atom is -0.506 e. The van der Waals surface area contributed by atoms with Gasteiger partial charge in [-0.3, -0.25) is 0 Å². The molecular formula is C22H26Cl2O5. The molecule has 2 atom stereocenters. The van der Waals surface area contributed by atoms with Crippen molar-refractivity contribution in [3.05, 3.63) is 68.8 Å². The van der Waals surface area contributed by atoms with Gasteiger partial charge in [0.1, 0.15) is 30.0 Å². The van der Waals surface area contributed by atoms with Gasteiger partial charge in [0.2, 0.25) is 0 Å². The van der Waals surface area contributed by atoms with Gasteiger partial charge in [-0.15, -0.1) is 5.73 Å². The highest BCUT2D eigenvalue weighted by molar-refractivity contribution is 6.35. The fraction of sp³-hybridized carbons (Fsp3) is 0.409. The summed E-state index contributed by atoms with van der Waals surface area (Å²) in [6, 6.07) is 6.15. The molecule has 5 nitrogen and oxygen atoms in total. The number of unbranched alkanes of at least 4 members (excludes halogenated alkanes) is 1. The Bertz CT molecular complexity index is 868. The van der Waals surface area contributed by atoms with Crippen LogP contribution in [-0.4, -0.2) is 20.4 Å². The van der Waals surface area contributed by atoms with E-state index in [1.807, 2.05) is 0 Å². The number of phenols is 1. The van der Waals surface area contributed by atoms with Gasteiger partial charge in [-0.25, -0.2) is 0 Å². The Morgan fingerprint density at radius 3 is 2.62 bits per heavy atom. The summed E-state index contributed by atoms with van der Waals surface area (Å²) in [6.07, 6.45) is 3.03. The van der Waals surface area contributed by atoms with Crippen LogP contribution in [0, 0.1) is 0 Å². The average Bonchev–Trinajstić information content (AvgIpc) is 3.17. The lowest BCUT2D eigenvalue weighted by molar-refractivity contribution is 0.145. The van der Waals surface area contributed by atoms with E-state index in [2.05, 4.69) is 12.7 Å². The lowest BCUT2D eigenvalue weighted by Crippen LogP contribution is -2.00. The summed E-state index contributed by atoms with van der Waals surface area (Å²) in [5.41, 5.74) is 4.29. The summed E-state index contributed by atoms with van der Waals surface area (Å²) in [6.45, 7) is 1.85. The molecule has 0 saturated carbocycles. The molecule has 158 valence electrons. The summed E-state index contributed by atoms with van der Waals surface area (Å²) < 4.78 is 5.33. The number of hydrogen-bond donors (Lipinski definition) is 4. The van der Waals surface area contributed by atoms with Gasteiger partial charge in [0.25, 0.3) is 0 Å². The minimum atomic E-state index is -0.985. The third kappa shape index (κ3) is 6.93. The zero-order valence-corrected chi connectivity index (χ0v) is 17.7. The normalized spacial score (nSPS) is 13.0. The molecule has 0 spiro atoms. The molecule has 1 aromatic heterocycles. The summed E-state index contributed by atoms with van der Waals surface area (Å²) >= 11 is 11.9. The molecular weight excluding hydrogens is 415 g/mol. The molecule has 0 aliphatic carbocycles. The van der Waals surface area contributed by atoms with E-state index >= 15 is 0 Å². The van der Waals surface area contributed by atoms with Crippen molar-refractivity contribution < 1.29 is 24.8 Å². The van der Waals surface area contributed by atoms with E-state index in [1.54, 1.807) is 18.2 Å². The molecule has 4 N–H and O–H groups in total. The van der Waals surface area contributed by atoms with Crippen LogP contribution < -0.4 is 0 Å². The average molecular weight is 441 g/mol. The third-order valence-corrected chi connectivity index (χ3v) is 5.01. The second-order valence-corrected chi connectivity index (χ2v) is 7.66. The smallest absolute Gasteiger partial charge is 0.140 e. The first-order valence-electron chi connectivity index (χ1n) is 9.52. The fourth-order valence-electron chi connectivity index (χ4n) is 2.90. The molecule has 29 heavy (non-hydrogen) atoms. The van der Waals surface area contributed by atoms with Crippen molar-refractivity contribution >= 4 is 23.2 Å². The summed E-state index contributed by atoms with van der Waals surface area (Å²) in [7, 11) is 0. The molecule has 7 heteroatoms. The van der Waals surface area contributed by atoms with Gasteiger partial charge >= 0.3 is 0 Å². The van der Waals surface area contributed by atoms with E-state index in [9.17, 15) is 15.3 Å². The second-order valence-electron chi connectivity index (χ2n) is 6.81. The summed E-state index contributed by atoms with van der Waals surface area (Å²) in [4.78, 5) is 0. The largest absolute Gasteiger partial charge is 0.506 e. The van der Waals surface area contributed by atoms with Gasteiger partial charge in [0, 0.05) is 23.4 Å². The number of furan rings is 1. The number of phenolic OH excluding ortho intramolecular Hbond substituents is 1. The highest BCUT2D eigenvalue weighted by Crippen LogP contribution is 2.37. The maximum absolute atomic E-state index is 10.6. The number of benzene rings is 1. The molecule has 1 aromatic carbocycles. The predicted molar refractivity (Wildman–Crippen MR) is 113 cm³/mol. The van der Waals surface area contributed by atoms with Gasteiger partial charge in [-0.2, -0.15) is 0 Å². The van der Waals surface area contributed by atoms with Crippen LogP contribution in [0.25, 0.3) is 0 Å². The SMILES string of the molecule is CCCCC(=C=CC[C@H](O)c1ccc(CO)o1)C[C@H](O)c1cc(Cl)cc(Cl)c1O. The maximum atomic E-state index is 10.6. The predicted octanol–water partition coefficient (Wildman–Crippen LogP) is 5.60. The lowest BCUT2D eigenvalue weighted by atomic mass is 9.97. The molecule has 0 saturated heterocycles. The van der Waals surface area contributed by atoms with Crippen LogP contribution in [0.3, 0.4) is 0 Å². The molecule has 2 rings (SSSR count). The topological polar surface area (TPSA) is 94.1 Å². The quantitative estimate of drug-likeness (QED) is 0.360. The van der Waals surface area contributed by atoms with Crippen molar-refractivity contribution in [1.82, 2.24) is 0 Å². The van der Waals surface area contributed by atoms with Gasteiger partial charge in [0.05, 0.1) is 11.1 Å². The fourth-order valence-corrected chi connectivity index (χ4v) is 3.41. The Kier molecular flexibility index (Phi) is 9.31. The molecule has 0 aliphatic rings. The van der Waals surface area contributed by atoms with Crippen LogP contribution in [0.15, 0.2) is 46.1 Å². The van der Waals surface area contributed by atoms with E-state index in [1.165, 1.54) is 12.1 Å². The molecule has 0 bridgehead atoms. The Morgan fingerprint density at radius 2 is 1.97 bits per heavy atom. The van der Waals surface area contributed by atoms with E-state index in [4.69, 9.17) is 32.7 Å². The van der Waals surface area contributed by atoms with Crippen LogP contribution in [0.2, 0.25) is 10.0 Å². The van der Waals surface area contributed by atoms with E-state index in [-0.39, 0.29) is 35.8 Å². The Labute approximate surface area is 180 Å². The zero-order chi connectivity index (χ0) is 21.4. The van der Waals surface area contributed by atoms with Crippen LogP contribution in [0.1, 0.15) is 68.3 Å². The Balaban J connectivity index is 2.14. The monoisotopic (exact) mass is 440 g/mol. The zero-order valence-electron chi connectivity index (χ0n) is 16.2. The van der Waals surface area contributed by atoms with Gasteiger partial charge in [-0.05, 0) is 48.8 Å². The number of rotatable bonds is 10.